The molecule has 25 heavy (non-hydrogen) atoms. The SMILES string of the molecule is CCC1(C(=O)OCCC(C)=O)COC2(CC(C)(C)NC(C)(C)C2)OC1. The first-order chi connectivity index (χ1) is 11.4. The highest BCUT2D eigenvalue weighted by Crippen LogP contribution is 2.44. The number of carbonyl (C=O) groups is 2. The largest absolute Gasteiger partial charge is 0.465 e. The van der Waals surface area contributed by atoms with E-state index in [-0.39, 0.29) is 49.1 Å². The molecule has 2 fully saturated rings. The van der Waals surface area contributed by atoms with E-state index < -0.39 is 11.2 Å². The Kier molecular flexibility index (Phi) is 5.67. The molecule has 2 saturated heterocycles. The summed E-state index contributed by atoms with van der Waals surface area (Å²) in [5, 5.41) is 3.62. The fraction of sp³-hybridized carbons (Fsp3) is 0.895. The second-order valence-corrected chi connectivity index (χ2v) is 8.96. The van der Waals surface area contributed by atoms with Crippen LogP contribution in [0.5, 0.6) is 0 Å². The van der Waals surface area contributed by atoms with Crippen molar-refractivity contribution in [1.82, 2.24) is 5.32 Å². The summed E-state index contributed by atoms with van der Waals surface area (Å²) >= 11 is 0. The Hall–Kier alpha value is -0.980. The minimum atomic E-state index is -0.790. The minimum Gasteiger partial charge on any atom is -0.465 e. The Balaban J connectivity index is 2.05. The molecule has 1 N–H and O–H groups in total. The lowest BCUT2D eigenvalue weighted by Gasteiger charge is -2.55. The molecule has 2 aliphatic heterocycles. The Bertz CT molecular complexity index is 500. The molecule has 0 aromatic rings. The van der Waals surface area contributed by atoms with Gasteiger partial charge in [0.1, 0.15) is 11.2 Å². The van der Waals surface area contributed by atoms with Crippen LogP contribution in [-0.4, -0.2) is 48.4 Å². The molecule has 6 heteroatoms. The predicted octanol–water partition coefficient (Wildman–Crippen LogP) is 2.59. The lowest BCUT2D eigenvalue weighted by atomic mass is 9.77. The topological polar surface area (TPSA) is 73.9 Å². The maximum Gasteiger partial charge on any atom is 0.316 e. The number of piperidine rings is 1. The summed E-state index contributed by atoms with van der Waals surface area (Å²) in [4.78, 5) is 23.6. The Morgan fingerprint density at radius 3 is 2.00 bits per heavy atom. The zero-order valence-corrected chi connectivity index (χ0v) is 16.5. The van der Waals surface area contributed by atoms with Gasteiger partial charge < -0.3 is 19.5 Å². The Labute approximate surface area is 151 Å². The summed E-state index contributed by atoms with van der Waals surface area (Å²) in [6.07, 6.45) is 2.27. The van der Waals surface area contributed by atoms with Crippen molar-refractivity contribution in [2.24, 2.45) is 5.41 Å². The van der Waals surface area contributed by atoms with Gasteiger partial charge in [-0.15, -0.1) is 0 Å². The monoisotopic (exact) mass is 355 g/mol. The maximum atomic E-state index is 12.6. The minimum absolute atomic E-state index is 0.00705. The van der Waals surface area contributed by atoms with Crippen LogP contribution in [-0.2, 0) is 23.8 Å². The molecular weight excluding hydrogens is 322 g/mol. The molecule has 0 aromatic heterocycles. The van der Waals surface area contributed by atoms with Crippen LogP contribution in [0, 0.1) is 5.41 Å². The van der Waals surface area contributed by atoms with Gasteiger partial charge in [-0.3, -0.25) is 9.59 Å². The highest BCUT2D eigenvalue weighted by Gasteiger charge is 2.55. The van der Waals surface area contributed by atoms with Crippen molar-refractivity contribution in [3.8, 4) is 0 Å². The third-order valence-corrected chi connectivity index (χ3v) is 5.12. The average molecular weight is 355 g/mol. The van der Waals surface area contributed by atoms with E-state index in [9.17, 15) is 9.59 Å². The summed E-state index contributed by atoms with van der Waals surface area (Å²) in [5.74, 6) is -0.998. The van der Waals surface area contributed by atoms with Crippen molar-refractivity contribution in [2.45, 2.75) is 84.1 Å². The highest BCUT2D eigenvalue weighted by atomic mass is 16.7. The number of hydrogen-bond donors (Lipinski definition) is 1. The van der Waals surface area contributed by atoms with E-state index in [1.165, 1.54) is 6.92 Å². The summed E-state index contributed by atoms with van der Waals surface area (Å²) in [6.45, 7) is 12.7. The first-order valence-corrected chi connectivity index (χ1v) is 9.17. The molecule has 2 heterocycles. The molecule has 0 bridgehead atoms. The fourth-order valence-corrected chi connectivity index (χ4v) is 4.15. The van der Waals surface area contributed by atoms with Gasteiger partial charge in [-0.1, -0.05) is 6.92 Å². The van der Waals surface area contributed by atoms with E-state index in [1.54, 1.807) is 0 Å². The van der Waals surface area contributed by atoms with Crippen molar-refractivity contribution in [2.75, 3.05) is 19.8 Å². The van der Waals surface area contributed by atoms with Gasteiger partial charge in [0.25, 0.3) is 0 Å². The van der Waals surface area contributed by atoms with E-state index in [0.29, 0.717) is 6.42 Å². The molecular formula is C19H33NO5. The van der Waals surface area contributed by atoms with Gasteiger partial charge in [-0.2, -0.15) is 0 Å². The third kappa shape index (κ3) is 4.80. The number of ketones is 1. The second kappa shape index (κ2) is 6.97. The molecule has 2 rings (SSSR count). The predicted molar refractivity (Wildman–Crippen MR) is 94.1 cm³/mol. The van der Waals surface area contributed by atoms with Crippen LogP contribution in [0.4, 0.5) is 0 Å². The molecule has 6 nitrogen and oxygen atoms in total. The van der Waals surface area contributed by atoms with Crippen molar-refractivity contribution in [1.29, 1.82) is 0 Å². The highest BCUT2D eigenvalue weighted by molar-refractivity contribution is 5.78. The van der Waals surface area contributed by atoms with Gasteiger partial charge in [-0.25, -0.2) is 0 Å². The number of esters is 1. The molecule has 0 unspecified atom stereocenters. The van der Waals surface area contributed by atoms with E-state index in [2.05, 4.69) is 33.0 Å². The number of nitrogens with one attached hydrogen (secondary N) is 1. The molecule has 2 aliphatic rings. The fourth-order valence-electron chi connectivity index (χ4n) is 4.15. The number of hydrogen-bond acceptors (Lipinski definition) is 6. The standard InChI is InChI=1S/C19H33NO5/c1-7-18(15(22)23-9-8-14(2)21)12-24-19(25-13-18)10-16(3,4)20-17(5,6)11-19/h20H,7-13H2,1-6H3. The quantitative estimate of drug-likeness (QED) is 0.764. The van der Waals surface area contributed by atoms with Gasteiger partial charge in [0.15, 0.2) is 5.79 Å². The molecule has 0 saturated carbocycles. The first kappa shape index (κ1) is 20.3. The number of rotatable bonds is 5. The van der Waals surface area contributed by atoms with Crippen LogP contribution in [0.2, 0.25) is 0 Å². The maximum absolute atomic E-state index is 12.6. The molecule has 0 amide bonds. The lowest BCUT2D eigenvalue weighted by Crippen LogP contribution is -2.67. The van der Waals surface area contributed by atoms with Crippen LogP contribution < -0.4 is 5.32 Å². The Morgan fingerprint density at radius 1 is 1.04 bits per heavy atom. The van der Waals surface area contributed by atoms with Crippen LogP contribution in [0.3, 0.4) is 0 Å². The molecule has 0 radical (unpaired) electrons. The van der Waals surface area contributed by atoms with E-state index >= 15 is 0 Å². The Morgan fingerprint density at radius 2 is 1.56 bits per heavy atom. The van der Waals surface area contributed by atoms with Gasteiger partial charge in [0.2, 0.25) is 0 Å². The zero-order chi connectivity index (χ0) is 18.9. The van der Waals surface area contributed by atoms with E-state index in [4.69, 9.17) is 14.2 Å². The smallest absolute Gasteiger partial charge is 0.316 e. The summed E-state index contributed by atoms with van der Waals surface area (Å²) < 4.78 is 17.7. The molecule has 0 atom stereocenters. The summed E-state index contributed by atoms with van der Waals surface area (Å²) in [6, 6.07) is 0. The van der Waals surface area contributed by atoms with Gasteiger partial charge in [0, 0.05) is 30.3 Å². The van der Waals surface area contributed by atoms with Gasteiger partial charge >= 0.3 is 5.97 Å². The van der Waals surface area contributed by atoms with E-state index in [0.717, 1.165) is 12.8 Å². The molecule has 144 valence electrons. The van der Waals surface area contributed by atoms with Crippen LogP contribution in [0.15, 0.2) is 0 Å². The van der Waals surface area contributed by atoms with Gasteiger partial charge in [-0.05, 0) is 41.0 Å². The second-order valence-electron chi connectivity index (χ2n) is 8.96. The van der Waals surface area contributed by atoms with Crippen LogP contribution in [0.25, 0.3) is 0 Å². The third-order valence-electron chi connectivity index (χ3n) is 5.12. The number of carbonyl (C=O) groups excluding carboxylic acids is 2. The van der Waals surface area contributed by atoms with Crippen LogP contribution in [0.1, 0.15) is 67.2 Å². The first-order valence-electron chi connectivity index (χ1n) is 9.17. The van der Waals surface area contributed by atoms with Crippen molar-refractivity contribution < 1.29 is 23.8 Å². The number of Topliss-reactive ketones (excluding diaryl/α,β-unsaturated/α-hetero) is 1. The lowest BCUT2D eigenvalue weighted by molar-refractivity contribution is -0.326. The molecule has 0 aliphatic carbocycles. The van der Waals surface area contributed by atoms with Gasteiger partial charge in [0.05, 0.1) is 19.8 Å². The van der Waals surface area contributed by atoms with Crippen molar-refractivity contribution in [3.05, 3.63) is 0 Å². The summed E-state index contributed by atoms with van der Waals surface area (Å²) in [5.41, 5.74) is -1.02. The van der Waals surface area contributed by atoms with Crippen LogP contribution >= 0.6 is 0 Å². The van der Waals surface area contributed by atoms with E-state index in [1.807, 2.05) is 6.92 Å². The number of ether oxygens (including phenoxy) is 3. The normalized spacial score (nSPS) is 26.2. The van der Waals surface area contributed by atoms with Crippen molar-refractivity contribution >= 4 is 11.8 Å². The molecule has 1 spiro atoms. The average Bonchev–Trinajstić information content (AvgIpc) is 2.44. The molecule has 0 aromatic carbocycles. The van der Waals surface area contributed by atoms with Crippen molar-refractivity contribution in [3.63, 3.8) is 0 Å². The zero-order valence-electron chi connectivity index (χ0n) is 16.5. The summed E-state index contributed by atoms with van der Waals surface area (Å²) in [7, 11) is 0.